The minimum Gasteiger partial charge on any atom is -0.355 e. The summed E-state index contributed by atoms with van der Waals surface area (Å²) < 4.78 is 0. The van der Waals surface area contributed by atoms with Gasteiger partial charge in [-0.05, 0) is 13.0 Å². The summed E-state index contributed by atoms with van der Waals surface area (Å²) in [7, 11) is 0. The number of nitrogens with one attached hydrogen (secondary N) is 4. The van der Waals surface area contributed by atoms with Crippen molar-refractivity contribution in [3.8, 4) is 0 Å². The molecule has 0 radical (unpaired) electrons. The summed E-state index contributed by atoms with van der Waals surface area (Å²) in [6, 6.07) is 0. The van der Waals surface area contributed by atoms with E-state index in [1.165, 1.54) is 6.42 Å². The van der Waals surface area contributed by atoms with E-state index in [2.05, 4.69) is 33.1 Å². The van der Waals surface area contributed by atoms with Crippen LogP contribution in [-0.4, -0.2) is 82.8 Å². The van der Waals surface area contributed by atoms with Crippen LogP contribution in [0.2, 0.25) is 0 Å². The third-order valence-corrected chi connectivity index (χ3v) is 3.24. The Morgan fingerprint density at radius 1 is 0.864 bits per heavy atom. The Morgan fingerprint density at radius 2 is 1.41 bits per heavy atom. The molecule has 0 spiro atoms. The van der Waals surface area contributed by atoms with Crippen molar-refractivity contribution in [2.24, 2.45) is 5.73 Å². The van der Waals surface area contributed by atoms with Gasteiger partial charge < -0.3 is 27.0 Å². The molecule has 0 aliphatic rings. The van der Waals surface area contributed by atoms with Crippen molar-refractivity contribution in [3.63, 3.8) is 0 Å². The fourth-order valence-electron chi connectivity index (χ4n) is 2.03. The van der Waals surface area contributed by atoms with Crippen LogP contribution in [0.15, 0.2) is 0 Å². The maximum absolute atomic E-state index is 10.8. The van der Waals surface area contributed by atoms with Crippen molar-refractivity contribution in [1.29, 1.82) is 0 Å². The van der Waals surface area contributed by atoms with Gasteiger partial charge in [-0.25, -0.2) is 0 Å². The molecule has 0 aromatic rings. The van der Waals surface area contributed by atoms with Crippen LogP contribution in [0.5, 0.6) is 0 Å². The van der Waals surface area contributed by atoms with Crippen LogP contribution < -0.4 is 27.0 Å². The molecule has 0 saturated heterocycles. The van der Waals surface area contributed by atoms with Crippen molar-refractivity contribution >= 4 is 5.91 Å². The second-order valence-electron chi connectivity index (χ2n) is 5.36. The predicted molar refractivity (Wildman–Crippen MR) is 93.1 cm³/mol. The average molecular weight is 316 g/mol. The standard InChI is InChI=1S/C15H36N6O/c1-3-5-17-9-12-21(13-10-18-6-4-16)14-11-19-7-8-20-15(2)22/h17-19H,3-14,16H2,1-2H3,(H,20,22). The molecular formula is C15H36N6O. The molecule has 7 heteroatoms. The lowest BCUT2D eigenvalue weighted by atomic mass is 10.4. The van der Waals surface area contributed by atoms with Crippen LogP contribution in [0.4, 0.5) is 0 Å². The number of nitrogens with zero attached hydrogens (tertiary/aromatic N) is 1. The van der Waals surface area contributed by atoms with Gasteiger partial charge in [0.25, 0.3) is 0 Å². The molecule has 0 bridgehead atoms. The Labute approximate surface area is 135 Å². The summed E-state index contributed by atoms with van der Waals surface area (Å²) in [4.78, 5) is 13.2. The zero-order chi connectivity index (χ0) is 16.5. The molecule has 0 aromatic carbocycles. The van der Waals surface area contributed by atoms with E-state index in [-0.39, 0.29) is 5.91 Å². The highest BCUT2D eigenvalue weighted by Crippen LogP contribution is 1.86. The third-order valence-electron chi connectivity index (χ3n) is 3.24. The van der Waals surface area contributed by atoms with E-state index in [4.69, 9.17) is 5.73 Å². The van der Waals surface area contributed by atoms with Crippen LogP contribution >= 0.6 is 0 Å². The van der Waals surface area contributed by atoms with Crippen LogP contribution in [0, 0.1) is 0 Å². The normalized spacial score (nSPS) is 11.1. The Kier molecular flexibility index (Phi) is 16.1. The van der Waals surface area contributed by atoms with Gasteiger partial charge in [0, 0.05) is 72.4 Å². The van der Waals surface area contributed by atoms with Gasteiger partial charge in [0.05, 0.1) is 0 Å². The Hall–Kier alpha value is -0.730. The number of hydrogen-bond donors (Lipinski definition) is 5. The second-order valence-corrected chi connectivity index (χ2v) is 5.36. The molecule has 0 rings (SSSR count). The second kappa shape index (κ2) is 16.6. The lowest BCUT2D eigenvalue weighted by Gasteiger charge is -2.23. The van der Waals surface area contributed by atoms with Crippen molar-refractivity contribution < 1.29 is 4.79 Å². The van der Waals surface area contributed by atoms with Gasteiger partial charge in [0.15, 0.2) is 0 Å². The molecule has 0 unspecified atom stereocenters. The molecule has 0 aromatic heterocycles. The molecule has 0 aliphatic heterocycles. The molecule has 0 fully saturated rings. The molecule has 0 saturated carbocycles. The van der Waals surface area contributed by atoms with E-state index < -0.39 is 0 Å². The topological polar surface area (TPSA) is 94.4 Å². The molecule has 22 heavy (non-hydrogen) atoms. The van der Waals surface area contributed by atoms with E-state index in [1.807, 2.05) is 0 Å². The van der Waals surface area contributed by atoms with Crippen molar-refractivity contribution in [1.82, 2.24) is 26.2 Å². The summed E-state index contributed by atoms with van der Waals surface area (Å²) in [5.41, 5.74) is 5.48. The SMILES string of the molecule is CCCNCCN(CCNCCN)CCNCCNC(C)=O. The lowest BCUT2D eigenvalue weighted by Crippen LogP contribution is -2.42. The van der Waals surface area contributed by atoms with Gasteiger partial charge in [0.1, 0.15) is 0 Å². The first-order chi connectivity index (χ1) is 10.7. The predicted octanol–water partition coefficient (Wildman–Crippen LogP) is -1.44. The highest BCUT2D eigenvalue weighted by Gasteiger charge is 2.03. The molecule has 0 heterocycles. The summed E-state index contributed by atoms with van der Waals surface area (Å²) in [5.74, 6) is 0.0244. The highest BCUT2D eigenvalue weighted by molar-refractivity contribution is 5.72. The number of rotatable bonds is 16. The van der Waals surface area contributed by atoms with Gasteiger partial charge in [-0.15, -0.1) is 0 Å². The average Bonchev–Trinajstić information content (AvgIpc) is 2.50. The number of amides is 1. The first-order valence-corrected chi connectivity index (χ1v) is 8.49. The summed E-state index contributed by atoms with van der Waals surface area (Å²) in [6.07, 6.45) is 1.17. The molecule has 6 N–H and O–H groups in total. The molecule has 132 valence electrons. The molecule has 0 atom stereocenters. The lowest BCUT2D eigenvalue weighted by molar-refractivity contribution is -0.118. The summed E-state index contributed by atoms with van der Waals surface area (Å²) in [6.45, 7) is 13.9. The zero-order valence-corrected chi connectivity index (χ0v) is 14.4. The summed E-state index contributed by atoms with van der Waals surface area (Å²) in [5, 5.41) is 12.9. The number of carbonyl (C=O) groups excluding carboxylic acids is 1. The molecule has 1 amide bonds. The van der Waals surface area contributed by atoms with Crippen LogP contribution in [-0.2, 0) is 4.79 Å². The molecule has 7 nitrogen and oxygen atoms in total. The van der Waals surface area contributed by atoms with Crippen molar-refractivity contribution in [2.75, 3.05) is 72.0 Å². The van der Waals surface area contributed by atoms with Crippen molar-refractivity contribution in [2.45, 2.75) is 20.3 Å². The minimum atomic E-state index is 0.0244. The van der Waals surface area contributed by atoms with Gasteiger partial charge >= 0.3 is 0 Å². The van der Waals surface area contributed by atoms with Crippen LogP contribution in [0.3, 0.4) is 0 Å². The highest BCUT2D eigenvalue weighted by atomic mass is 16.1. The summed E-state index contributed by atoms with van der Waals surface area (Å²) >= 11 is 0. The monoisotopic (exact) mass is 316 g/mol. The number of hydrogen-bond acceptors (Lipinski definition) is 6. The van der Waals surface area contributed by atoms with E-state index in [1.54, 1.807) is 6.92 Å². The molecular weight excluding hydrogens is 280 g/mol. The van der Waals surface area contributed by atoms with Gasteiger partial charge in [-0.1, -0.05) is 6.92 Å². The first kappa shape index (κ1) is 21.3. The van der Waals surface area contributed by atoms with E-state index in [0.717, 1.165) is 58.9 Å². The fourth-order valence-corrected chi connectivity index (χ4v) is 2.03. The zero-order valence-electron chi connectivity index (χ0n) is 14.4. The Balaban J connectivity index is 3.72. The number of carbonyl (C=O) groups is 1. The maximum Gasteiger partial charge on any atom is 0.216 e. The maximum atomic E-state index is 10.8. The fraction of sp³-hybridized carbons (Fsp3) is 0.933. The van der Waals surface area contributed by atoms with Gasteiger partial charge in [0.2, 0.25) is 5.91 Å². The Bertz CT molecular complexity index is 240. The molecule has 0 aliphatic carbocycles. The minimum absolute atomic E-state index is 0.0244. The van der Waals surface area contributed by atoms with Crippen LogP contribution in [0.1, 0.15) is 20.3 Å². The van der Waals surface area contributed by atoms with E-state index in [0.29, 0.717) is 13.1 Å². The van der Waals surface area contributed by atoms with Crippen LogP contribution in [0.25, 0.3) is 0 Å². The van der Waals surface area contributed by atoms with E-state index in [9.17, 15) is 4.79 Å². The van der Waals surface area contributed by atoms with E-state index >= 15 is 0 Å². The largest absolute Gasteiger partial charge is 0.355 e. The van der Waals surface area contributed by atoms with Gasteiger partial charge in [-0.2, -0.15) is 0 Å². The Morgan fingerprint density at radius 3 is 1.91 bits per heavy atom. The smallest absolute Gasteiger partial charge is 0.216 e. The number of nitrogens with two attached hydrogens (primary N) is 1. The first-order valence-electron chi connectivity index (χ1n) is 8.49. The third kappa shape index (κ3) is 15.7. The van der Waals surface area contributed by atoms with Crippen molar-refractivity contribution in [3.05, 3.63) is 0 Å². The van der Waals surface area contributed by atoms with Gasteiger partial charge in [-0.3, -0.25) is 9.69 Å². The quantitative estimate of drug-likeness (QED) is 0.224.